The van der Waals surface area contributed by atoms with Crippen LogP contribution in [-0.4, -0.2) is 25.6 Å². The number of nitriles is 1. The van der Waals surface area contributed by atoms with E-state index in [-0.39, 0.29) is 22.6 Å². The molecule has 0 saturated carbocycles. The normalized spacial score (nSPS) is 10.7. The van der Waals surface area contributed by atoms with Gasteiger partial charge < -0.3 is 19.5 Å². The first-order valence-electron chi connectivity index (χ1n) is 10.6. The molecule has 0 fully saturated rings. The topological polar surface area (TPSA) is 97.7 Å². The molecule has 0 aliphatic heterocycles. The molecule has 0 heterocycles. The fourth-order valence-corrected chi connectivity index (χ4v) is 3.12. The molecule has 34 heavy (non-hydrogen) atoms. The summed E-state index contributed by atoms with van der Waals surface area (Å²) in [6.07, 6.45) is 1.44. The van der Waals surface area contributed by atoms with Crippen molar-refractivity contribution in [2.45, 2.75) is 13.5 Å². The van der Waals surface area contributed by atoms with Crippen LogP contribution in [0.2, 0.25) is 0 Å². The Balaban J connectivity index is 1.76. The monoisotopic (exact) mass is 456 g/mol. The van der Waals surface area contributed by atoms with E-state index in [1.807, 2.05) is 43.3 Å². The van der Waals surface area contributed by atoms with E-state index in [0.29, 0.717) is 24.5 Å². The Morgan fingerprint density at radius 1 is 0.971 bits per heavy atom. The summed E-state index contributed by atoms with van der Waals surface area (Å²) in [5, 5.41) is 12.2. The molecule has 3 aromatic carbocycles. The Kier molecular flexibility index (Phi) is 8.42. The van der Waals surface area contributed by atoms with Gasteiger partial charge in [0.1, 0.15) is 23.0 Å². The van der Waals surface area contributed by atoms with E-state index in [4.69, 9.17) is 14.2 Å². The molecule has 1 amide bonds. The predicted octanol–water partition coefficient (Wildman–Crippen LogP) is 4.54. The van der Waals surface area contributed by atoms with Gasteiger partial charge in [-0.3, -0.25) is 4.79 Å². The highest BCUT2D eigenvalue weighted by Crippen LogP contribution is 2.30. The minimum atomic E-state index is -0.594. The predicted molar refractivity (Wildman–Crippen MR) is 127 cm³/mol. The largest absolute Gasteiger partial charge is 0.493 e. The third-order valence-corrected chi connectivity index (χ3v) is 4.77. The molecule has 0 spiro atoms. The highest BCUT2D eigenvalue weighted by atomic mass is 16.6. The number of benzene rings is 3. The molecular weight excluding hydrogens is 432 g/mol. The van der Waals surface area contributed by atoms with Crippen molar-refractivity contribution in [2.24, 2.45) is 0 Å². The van der Waals surface area contributed by atoms with E-state index < -0.39 is 11.9 Å². The minimum Gasteiger partial charge on any atom is -0.493 e. The van der Waals surface area contributed by atoms with Gasteiger partial charge in [-0.1, -0.05) is 48.5 Å². The summed E-state index contributed by atoms with van der Waals surface area (Å²) in [5.74, 6) is -0.188. The van der Waals surface area contributed by atoms with Crippen LogP contribution >= 0.6 is 0 Å². The number of nitrogens with zero attached hydrogens (tertiary/aromatic N) is 1. The summed E-state index contributed by atoms with van der Waals surface area (Å²) in [5.41, 5.74) is 1.69. The highest BCUT2D eigenvalue weighted by Gasteiger charge is 2.17. The Morgan fingerprint density at radius 3 is 2.41 bits per heavy atom. The van der Waals surface area contributed by atoms with Crippen LogP contribution in [0.5, 0.6) is 17.2 Å². The molecule has 0 saturated heterocycles. The molecule has 0 aromatic heterocycles. The van der Waals surface area contributed by atoms with Gasteiger partial charge >= 0.3 is 5.97 Å². The SMILES string of the molecule is CCOc1ccccc1C(=O)Oc1ccc(/C=C(\C#N)C(=O)NCc2ccccc2)cc1OC. The molecule has 7 nitrogen and oxygen atoms in total. The summed E-state index contributed by atoms with van der Waals surface area (Å²) in [7, 11) is 1.44. The lowest BCUT2D eigenvalue weighted by Gasteiger charge is -2.12. The number of carbonyl (C=O) groups is 2. The Labute approximate surface area is 198 Å². The number of methoxy groups -OCH3 is 1. The number of esters is 1. The Bertz CT molecular complexity index is 1230. The molecular formula is C27H24N2O5. The zero-order chi connectivity index (χ0) is 24.3. The highest BCUT2D eigenvalue weighted by molar-refractivity contribution is 6.01. The van der Waals surface area contributed by atoms with Crippen molar-refractivity contribution in [1.82, 2.24) is 5.32 Å². The molecule has 7 heteroatoms. The van der Waals surface area contributed by atoms with Gasteiger partial charge in [-0.25, -0.2) is 4.79 Å². The maximum absolute atomic E-state index is 12.7. The molecule has 0 aliphatic carbocycles. The summed E-state index contributed by atoms with van der Waals surface area (Å²) in [4.78, 5) is 25.1. The van der Waals surface area contributed by atoms with Gasteiger partial charge in [0, 0.05) is 6.54 Å². The number of carbonyl (C=O) groups excluding carboxylic acids is 2. The van der Waals surface area contributed by atoms with Crippen LogP contribution in [-0.2, 0) is 11.3 Å². The van der Waals surface area contributed by atoms with Gasteiger partial charge in [-0.05, 0) is 48.4 Å². The molecule has 0 unspecified atom stereocenters. The first-order chi connectivity index (χ1) is 16.5. The maximum Gasteiger partial charge on any atom is 0.347 e. The number of hydrogen-bond acceptors (Lipinski definition) is 6. The summed E-state index contributed by atoms with van der Waals surface area (Å²) in [6.45, 7) is 2.55. The van der Waals surface area contributed by atoms with Gasteiger partial charge in [0.2, 0.25) is 0 Å². The molecule has 0 atom stereocenters. The van der Waals surface area contributed by atoms with Crippen LogP contribution < -0.4 is 19.5 Å². The van der Waals surface area contributed by atoms with E-state index in [1.54, 1.807) is 42.5 Å². The Hall–Kier alpha value is -4.57. The van der Waals surface area contributed by atoms with Crippen LogP contribution in [0.4, 0.5) is 0 Å². The van der Waals surface area contributed by atoms with Gasteiger partial charge in [-0.15, -0.1) is 0 Å². The van der Waals surface area contributed by atoms with Gasteiger partial charge in [0.25, 0.3) is 5.91 Å². The van der Waals surface area contributed by atoms with Crippen molar-refractivity contribution in [3.05, 3.63) is 95.1 Å². The third kappa shape index (κ3) is 6.24. The number of ether oxygens (including phenoxy) is 3. The lowest BCUT2D eigenvalue weighted by molar-refractivity contribution is -0.117. The first kappa shape index (κ1) is 24.1. The van der Waals surface area contributed by atoms with Crippen molar-refractivity contribution in [1.29, 1.82) is 5.26 Å². The molecule has 172 valence electrons. The van der Waals surface area contributed by atoms with Crippen LogP contribution in [0.1, 0.15) is 28.4 Å². The molecule has 0 bridgehead atoms. The molecule has 0 aliphatic rings. The second kappa shape index (κ2) is 11.9. The van der Waals surface area contributed by atoms with Gasteiger partial charge in [0.05, 0.1) is 13.7 Å². The summed E-state index contributed by atoms with van der Waals surface area (Å²) < 4.78 is 16.4. The van der Waals surface area contributed by atoms with E-state index >= 15 is 0 Å². The molecule has 0 radical (unpaired) electrons. The average Bonchev–Trinajstić information content (AvgIpc) is 2.87. The van der Waals surface area contributed by atoms with Crippen molar-refractivity contribution in [3.8, 4) is 23.3 Å². The zero-order valence-electron chi connectivity index (χ0n) is 18.9. The first-order valence-corrected chi connectivity index (χ1v) is 10.6. The van der Waals surface area contributed by atoms with Crippen molar-refractivity contribution >= 4 is 18.0 Å². The fourth-order valence-electron chi connectivity index (χ4n) is 3.12. The second-order valence-electron chi connectivity index (χ2n) is 7.07. The van der Waals surface area contributed by atoms with Crippen molar-refractivity contribution < 1.29 is 23.8 Å². The van der Waals surface area contributed by atoms with Crippen LogP contribution in [0.25, 0.3) is 6.08 Å². The molecule has 3 rings (SSSR count). The quantitative estimate of drug-likeness (QED) is 0.220. The Morgan fingerprint density at radius 2 is 1.71 bits per heavy atom. The van der Waals surface area contributed by atoms with E-state index in [0.717, 1.165) is 5.56 Å². The number of hydrogen-bond donors (Lipinski definition) is 1. The zero-order valence-corrected chi connectivity index (χ0v) is 18.9. The molecule has 1 N–H and O–H groups in total. The second-order valence-corrected chi connectivity index (χ2v) is 7.07. The van der Waals surface area contributed by atoms with Crippen LogP contribution in [0.15, 0.2) is 78.4 Å². The van der Waals surface area contributed by atoms with Gasteiger partial charge in [-0.2, -0.15) is 5.26 Å². The van der Waals surface area contributed by atoms with Crippen LogP contribution in [0, 0.1) is 11.3 Å². The number of amides is 1. The third-order valence-electron chi connectivity index (χ3n) is 4.77. The summed E-state index contributed by atoms with van der Waals surface area (Å²) >= 11 is 0. The lowest BCUT2D eigenvalue weighted by Crippen LogP contribution is -2.23. The van der Waals surface area contributed by atoms with E-state index in [9.17, 15) is 14.9 Å². The van der Waals surface area contributed by atoms with E-state index in [1.165, 1.54) is 13.2 Å². The summed E-state index contributed by atoms with van der Waals surface area (Å²) in [6, 6.07) is 22.9. The average molecular weight is 456 g/mol. The maximum atomic E-state index is 12.7. The fraction of sp³-hybridized carbons (Fsp3) is 0.148. The van der Waals surface area contributed by atoms with Crippen molar-refractivity contribution in [3.63, 3.8) is 0 Å². The standard InChI is InChI=1S/C27H24N2O5/c1-3-33-23-12-8-7-11-22(23)27(31)34-24-14-13-20(16-25(24)32-2)15-21(17-28)26(30)29-18-19-9-5-4-6-10-19/h4-16H,3,18H2,1-2H3,(H,29,30)/b21-15+. The van der Waals surface area contributed by atoms with Crippen molar-refractivity contribution in [2.75, 3.05) is 13.7 Å². The van der Waals surface area contributed by atoms with Gasteiger partial charge in [0.15, 0.2) is 11.5 Å². The van der Waals surface area contributed by atoms with E-state index in [2.05, 4.69) is 5.32 Å². The molecule has 3 aromatic rings. The smallest absolute Gasteiger partial charge is 0.347 e. The number of para-hydroxylation sites is 1. The number of rotatable bonds is 9. The number of nitrogens with one attached hydrogen (secondary N) is 1. The van der Waals surface area contributed by atoms with Crippen LogP contribution in [0.3, 0.4) is 0 Å². The minimum absolute atomic E-state index is 0.0617. The lowest BCUT2D eigenvalue weighted by atomic mass is 10.1.